The fourth-order valence-corrected chi connectivity index (χ4v) is 7.31. The lowest BCUT2D eigenvalue weighted by atomic mass is 9.48. The molecular formula is C23H34O4. The molecule has 4 nitrogen and oxygen atoms in total. The zero-order valence-corrected chi connectivity index (χ0v) is 17.0. The van der Waals surface area contributed by atoms with Gasteiger partial charge in [0.1, 0.15) is 6.61 Å². The van der Waals surface area contributed by atoms with Crippen LogP contribution in [0.5, 0.6) is 0 Å². The van der Waals surface area contributed by atoms with Crippen molar-refractivity contribution in [2.75, 3.05) is 6.61 Å². The second kappa shape index (κ2) is 6.72. The molecular weight excluding hydrogens is 340 g/mol. The molecule has 0 bridgehead atoms. The number of ketones is 1. The fourth-order valence-electron chi connectivity index (χ4n) is 7.31. The van der Waals surface area contributed by atoms with E-state index in [4.69, 9.17) is 4.74 Å². The molecule has 4 heteroatoms. The molecule has 3 fully saturated rings. The highest BCUT2D eigenvalue weighted by Crippen LogP contribution is 2.65. The molecule has 150 valence electrons. The molecule has 0 aromatic carbocycles. The number of hydrogen-bond acceptors (Lipinski definition) is 4. The number of hydrogen-bond donors (Lipinski definition) is 1. The van der Waals surface area contributed by atoms with E-state index < -0.39 is 0 Å². The van der Waals surface area contributed by atoms with Crippen molar-refractivity contribution in [1.29, 1.82) is 0 Å². The first kappa shape index (κ1) is 19.2. The molecule has 0 aromatic rings. The summed E-state index contributed by atoms with van der Waals surface area (Å²) in [5.74, 6) is 1.50. The summed E-state index contributed by atoms with van der Waals surface area (Å²) >= 11 is 0. The molecule has 2 unspecified atom stereocenters. The van der Waals surface area contributed by atoms with Crippen molar-refractivity contribution in [3.05, 3.63) is 11.6 Å². The number of fused-ring (bicyclic) bond motifs is 5. The highest BCUT2D eigenvalue weighted by molar-refractivity contribution is 5.85. The summed E-state index contributed by atoms with van der Waals surface area (Å²) in [5, 5.41) is 10.1. The first-order chi connectivity index (χ1) is 12.8. The Kier molecular flexibility index (Phi) is 4.77. The Morgan fingerprint density at radius 1 is 1.19 bits per heavy atom. The normalized spacial score (nSPS) is 45.9. The molecule has 3 saturated carbocycles. The number of esters is 1. The Hall–Kier alpha value is -1.16. The minimum Gasteiger partial charge on any atom is -0.458 e. The van der Waals surface area contributed by atoms with Gasteiger partial charge in [-0.25, -0.2) is 0 Å². The lowest BCUT2D eigenvalue weighted by Crippen LogP contribution is -2.49. The molecule has 7 atom stereocenters. The molecule has 0 aliphatic heterocycles. The van der Waals surface area contributed by atoms with Gasteiger partial charge in [-0.15, -0.1) is 0 Å². The smallest absolute Gasteiger partial charge is 0.303 e. The summed E-state index contributed by atoms with van der Waals surface area (Å²) in [6, 6.07) is 0. The van der Waals surface area contributed by atoms with Crippen LogP contribution in [0.2, 0.25) is 0 Å². The van der Waals surface area contributed by atoms with Gasteiger partial charge in [-0.2, -0.15) is 0 Å². The van der Waals surface area contributed by atoms with Crippen LogP contribution in [0.25, 0.3) is 0 Å². The molecule has 27 heavy (non-hydrogen) atoms. The van der Waals surface area contributed by atoms with Crippen LogP contribution in [0.1, 0.15) is 72.1 Å². The second-order valence-electron chi connectivity index (χ2n) is 10.1. The summed E-state index contributed by atoms with van der Waals surface area (Å²) in [5.41, 5.74) is 1.88. The quantitative estimate of drug-likeness (QED) is 0.598. The summed E-state index contributed by atoms with van der Waals surface area (Å²) in [7, 11) is 0. The maximum absolute atomic E-state index is 12.8. The van der Waals surface area contributed by atoms with E-state index in [0.29, 0.717) is 17.8 Å². The molecule has 4 aliphatic rings. The second-order valence-corrected chi connectivity index (χ2v) is 10.1. The Morgan fingerprint density at radius 2 is 1.96 bits per heavy atom. The van der Waals surface area contributed by atoms with Gasteiger partial charge in [0, 0.05) is 12.8 Å². The van der Waals surface area contributed by atoms with Crippen LogP contribution in [0, 0.1) is 34.5 Å². The maximum Gasteiger partial charge on any atom is 0.303 e. The van der Waals surface area contributed by atoms with Crippen LogP contribution in [-0.4, -0.2) is 29.6 Å². The standard InChI is InChI=1S/C23H34O4/c1-14(24)27-13-21(26)20-7-6-18-17-5-4-15-12-16(25)8-10-22(15,2)19(17)9-11-23(18,20)3/h9,15-18,20,25H,4-8,10-13H2,1-3H3/t15-,16+,17?,18?,20+,22-,23-/m0/s1. The Bertz CT molecular complexity index is 667. The van der Waals surface area contributed by atoms with Crippen LogP contribution >= 0.6 is 0 Å². The number of carbonyl (C=O) groups is 2. The van der Waals surface area contributed by atoms with Crippen molar-refractivity contribution < 1.29 is 19.4 Å². The zero-order valence-electron chi connectivity index (χ0n) is 17.0. The number of ether oxygens (including phenoxy) is 1. The van der Waals surface area contributed by atoms with Gasteiger partial charge >= 0.3 is 5.97 Å². The lowest BCUT2D eigenvalue weighted by Gasteiger charge is -2.56. The summed E-state index contributed by atoms with van der Waals surface area (Å²) in [6.07, 6.45) is 10.7. The van der Waals surface area contributed by atoms with Crippen molar-refractivity contribution >= 4 is 11.8 Å². The van der Waals surface area contributed by atoms with Gasteiger partial charge in [-0.05, 0) is 80.0 Å². The molecule has 0 heterocycles. The van der Waals surface area contributed by atoms with Gasteiger partial charge in [0.2, 0.25) is 0 Å². The van der Waals surface area contributed by atoms with E-state index in [9.17, 15) is 14.7 Å². The topological polar surface area (TPSA) is 63.6 Å². The van der Waals surface area contributed by atoms with E-state index >= 15 is 0 Å². The van der Waals surface area contributed by atoms with Crippen molar-refractivity contribution in [3.8, 4) is 0 Å². The summed E-state index contributed by atoms with van der Waals surface area (Å²) in [4.78, 5) is 23.9. The number of Topliss-reactive ketones (excluding diaryl/α,β-unsaturated/α-hetero) is 1. The number of aliphatic hydroxyl groups excluding tert-OH is 1. The molecule has 0 aromatic heterocycles. The van der Waals surface area contributed by atoms with Crippen molar-refractivity contribution in [2.24, 2.45) is 34.5 Å². The largest absolute Gasteiger partial charge is 0.458 e. The fraction of sp³-hybridized carbons (Fsp3) is 0.826. The molecule has 0 spiro atoms. The lowest BCUT2D eigenvalue weighted by molar-refractivity contribution is -0.148. The molecule has 0 amide bonds. The molecule has 0 radical (unpaired) electrons. The predicted octanol–water partition coefficient (Wildman–Crippen LogP) is 4.06. The van der Waals surface area contributed by atoms with Crippen molar-refractivity contribution in [1.82, 2.24) is 0 Å². The first-order valence-electron chi connectivity index (χ1n) is 10.8. The number of rotatable bonds is 3. The van der Waals surface area contributed by atoms with Crippen LogP contribution in [0.4, 0.5) is 0 Å². The zero-order chi connectivity index (χ0) is 19.4. The molecule has 4 aliphatic carbocycles. The van der Waals surface area contributed by atoms with E-state index in [1.807, 2.05) is 0 Å². The molecule has 1 N–H and O–H groups in total. The van der Waals surface area contributed by atoms with Crippen LogP contribution in [-0.2, 0) is 14.3 Å². The van der Waals surface area contributed by atoms with Crippen LogP contribution < -0.4 is 0 Å². The van der Waals surface area contributed by atoms with E-state index in [-0.39, 0.29) is 41.2 Å². The highest BCUT2D eigenvalue weighted by Gasteiger charge is 2.58. The molecule has 4 rings (SSSR count). The van der Waals surface area contributed by atoms with Crippen LogP contribution in [0.15, 0.2) is 11.6 Å². The number of allylic oxidation sites excluding steroid dienone is 2. The number of carbonyl (C=O) groups excluding carboxylic acids is 2. The average molecular weight is 375 g/mol. The average Bonchev–Trinajstić information content (AvgIpc) is 2.97. The van der Waals surface area contributed by atoms with Gasteiger partial charge < -0.3 is 9.84 Å². The summed E-state index contributed by atoms with van der Waals surface area (Å²) in [6.45, 7) is 6.03. The Labute approximate surface area is 162 Å². The monoisotopic (exact) mass is 374 g/mol. The van der Waals surface area contributed by atoms with E-state index in [0.717, 1.165) is 38.5 Å². The maximum atomic E-state index is 12.8. The third-order valence-electron chi connectivity index (χ3n) is 8.80. The van der Waals surface area contributed by atoms with E-state index in [1.54, 1.807) is 5.57 Å². The van der Waals surface area contributed by atoms with Gasteiger partial charge in [0.25, 0.3) is 0 Å². The Morgan fingerprint density at radius 3 is 2.70 bits per heavy atom. The third kappa shape index (κ3) is 2.99. The predicted molar refractivity (Wildman–Crippen MR) is 103 cm³/mol. The first-order valence-corrected chi connectivity index (χ1v) is 10.8. The van der Waals surface area contributed by atoms with Gasteiger partial charge in [0.05, 0.1) is 6.10 Å². The minimum atomic E-state index is -0.375. The van der Waals surface area contributed by atoms with Gasteiger partial charge in [0.15, 0.2) is 5.78 Å². The highest BCUT2D eigenvalue weighted by atomic mass is 16.5. The number of aliphatic hydroxyl groups is 1. The van der Waals surface area contributed by atoms with Crippen LogP contribution in [0.3, 0.4) is 0 Å². The minimum absolute atomic E-state index is 0.00275. The molecule has 0 saturated heterocycles. The Balaban J connectivity index is 1.57. The van der Waals surface area contributed by atoms with Gasteiger partial charge in [-0.1, -0.05) is 25.5 Å². The van der Waals surface area contributed by atoms with E-state index in [1.165, 1.54) is 19.8 Å². The third-order valence-corrected chi connectivity index (χ3v) is 8.80. The van der Waals surface area contributed by atoms with Crippen molar-refractivity contribution in [2.45, 2.75) is 78.2 Å². The van der Waals surface area contributed by atoms with Crippen molar-refractivity contribution in [3.63, 3.8) is 0 Å². The SMILES string of the molecule is CC(=O)OCC(=O)[C@H]1CCC2C3CC[C@H]4C[C@H](O)CC[C@]4(C)C3=CC[C@@]21C. The van der Waals surface area contributed by atoms with E-state index in [2.05, 4.69) is 19.9 Å². The summed E-state index contributed by atoms with van der Waals surface area (Å²) < 4.78 is 5.02. The van der Waals surface area contributed by atoms with Gasteiger partial charge in [-0.3, -0.25) is 9.59 Å².